The number of urea groups is 1. The van der Waals surface area contributed by atoms with Crippen molar-refractivity contribution in [2.75, 3.05) is 10.0 Å². The lowest BCUT2D eigenvalue weighted by atomic mass is 10.3. The molecule has 3 aromatic rings. The zero-order valence-electron chi connectivity index (χ0n) is 14.6. The van der Waals surface area contributed by atoms with Gasteiger partial charge in [-0.25, -0.2) is 13.2 Å². The van der Waals surface area contributed by atoms with E-state index in [0.29, 0.717) is 22.9 Å². The maximum Gasteiger partial charge on any atom is 0.319 e. The van der Waals surface area contributed by atoms with Crippen LogP contribution in [-0.4, -0.2) is 19.4 Å². The normalized spacial score (nSPS) is 10.9. The number of benzene rings is 2. The summed E-state index contributed by atoms with van der Waals surface area (Å²) in [6, 6.07) is 15.5. The maximum absolute atomic E-state index is 12.4. The van der Waals surface area contributed by atoms with Crippen molar-refractivity contribution in [1.82, 2.24) is 10.3 Å². The van der Waals surface area contributed by atoms with E-state index in [-0.39, 0.29) is 10.9 Å². The van der Waals surface area contributed by atoms with E-state index < -0.39 is 10.0 Å². The van der Waals surface area contributed by atoms with Gasteiger partial charge in [-0.3, -0.25) is 9.71 Å². The van der Waals surface area contributed by atoms with Crippen LogP contribution < -0.4 is 15.4 Å². The minimum Gasteiger partial charge on any atom is -0.334 e. The van der Waals surface area contributed by atoms with Crippen LogP contribution in [0.2, 0.25) is 5.02 Å². The predicted octanol–water partition coefficient (Wildman–Crippen LogP) is 3.86. The number of hydrogen-bond donors (Lipinski definition) is 3. The Balaban J connectivity index is 1.57. The summed E-state index contributed by atoms with van der Waals surface area (Å²) in [5, 5.41) is 5.85. The lowest BCUT2D eigenvalue weighted by Crippen LogP contribution is -2.28. The molecule has 28 heavy (non-hydrogen) atoms. The second kappa shape index (κ2) is 8.73. The molecule has 144 valence electrons. The molecular formula is C19H17ClN4O3S. The molecule has 0 saturated carbocycles. The number of carbonyl (C=O) groups excluding carboxylic acids is 1. The first-order valence-corrected chi connectivity index (χ1v) is 10.1. The van der Waals surface area contributed by atoms with E-state index in [4.69, 9.17) is 11.6 Å². The number of sulfonamides is 1. The molecule has 0 saturated heterocycles. The van der Waals surface area contributed by atoms with Crippen LogP contribution in [0.15, 0.2) is 78.0 Å². The van der Waals surface area contributed by atoms with Crippen molar-refractivity contribution in [3.05, 3.63) is 83.6 Å². The minimum atomic E-state index is -3.72. The Labute approximate surface area is 167 Å². The number of hydrogen-bond acceptors (Lipinski definition) is 4. The van der Waals surface area contributed by atoms with Gasteiger partial charge in [0.05, 0.1) is 4.90 Å². The van der Waals surface area contributed by atoms with Gasteiger partial charge in [-0.05, 0) is 60.2 Å². The molecule has 2 aromatic carbocycles. The van der Waals surface area contributed by atoms with Gasteiger partial charge in [-0.1, -0.05) is 17.7 Å². The van der Waals surface area contributed by atoms with Crippen molar-refractivity contribution in [1.29, 1.82) is 0 Å². The zero-order chi connectivity index (χ0) is 20.0. The fourth-order valence-electron chi connectivity index (χ4n) is 2.31. The third-order valence-electron chi connectivity index (χ3n) is 3.69. The van der Waals surface area contributed by atoms with Crippen molar-refractivity contribution >= 4 is 39.0 Å². The highest BCUT2D eigenvalue weighted by atomic mass is 35.5. The molecule has 3 rings (SSSR count). The topological polar surface area (TPSA) is 100 Å². The highest BCUT2D eigenvalue weighted by Gasteiger charge is 2.14. The largest absolute Gasteiger partial charge is 0.334 e. The Bertz CT molecular complexity index is 1040. The average molecular weight is 417 g/mol. The Morgan fingerprint density at radius 2 is 1.64 bits per heavy atom. The van der Waals surface area contributed by atoms with Crippen LogP contribution in [0.25, 0.3) is 0 Å². The first-order valence-electron chi connectivity index (χ1n) is 8.24. The fraction of sp³-hybridized carbons (Fsp3) is 0.0526. The molecule has 0 fully saturated rings. The number of carbonyl (C=O) groups is 1. The van der Waals surface area contributed by atoms with Crippen LogP contribution in [0, 0.1) is 0 Å². The van der Waals surface area contributed by atoms with Gasteiger partial charge in [-0.2, -0.15) is 0 Å². The van der Waals surface area contributed by atoms with E-state index in [0.717, 1.165) is 5.56 Å². The summed E-state index contributed by atoms with van der Waals surface area (Å²) in [6.07, 6.45) is 3.33. The smallest absolute Gasteiger partial charge is 0.319 e. The van der Waals surface area contributed by atoms with Crippen LogP contribution in [0.5, 0.6) is 0 Å². The molecule has 2 amide bonds. The second-order valence-electron chi connectivity index (χ2n) is 5.81. The molecule has 0 aliphatic carbocycles. The molecule has 1 aromatic heterocycles. The number of halogens is 1. The summed E-state index contributed by atoms with van der Waals surface area (Å²) < 4.78 is 27.2. The first-order chi connectivity index (χ1) is 13.4. The van der Waals surface area contributed by atoms with Gasteiger partial charge >= 0.3 is 6.03 Å². The van der Waals surface area contributed by atoms with Crippen molar-refractivity contribution in [2.45, 2.75) is 11.4 Å². The molecule has 3 N–H and O–H groups in total. The van der Waals surface area contributed by atoms with Gasteiger partial charge in [0.25, 0.3) is 10.0 Å². The third-order valence-corrected chi connectivity index (χ3v) is 5.34. The summed E-state index contributed by atoms with van der Waals surface area (Å²) in [5.41, 5.74) is 1.78. The molecule has 1 heterocycles. The third kappa shape index (κ3) is 5.45. The number of rotatable bonds is 6. The van der Waals surface area contributed by atoms with Gasteiger partial charge < -0.3 is 10.6 Å². The Morgan fingerprint density at radius 1 is 0.964 bits per heavy atom. The Kier molecular flexibility index (Phi) is 6.13. The zero-order valence-corrected chi connectivity index (χ0v) is 16.2. The predicted molar refractivity (Wildman–Crippen MR) is 109 cm³/mol. The lowest BCUT2D eigenvalue weighted by molar-refractivity contribution is 0.251. The molecule has 0 radical (unpaired) electrons. The quantitative estimate of drug-likeness (QED) is 0.568. The number of nitrogens with zero attached hydrogens (tertiary/aromatic N) is 1. The van der Waals surface area contributed by atoms with Crippen molar-refractivity contribution in [3.63, 3.8) is 0 Å². The highest BCUT2D eigenvalue weighted by Crippen LogP contribution is 2.20. The summed E-state index contributed by atoms with van der Waals surface area (Å²) in [4.78, 5) is 16.0. The van der Waals surface area contributed by atoms with E-state index in [2.05, 4.69) is 20.3 Å². The maximum atomic E-state index is 12.4. The minimum absolute atomic E-state index is 0.105. The molecule has 0 bridgehead atoms. The summed E-state index contributed by atoms with van der Waals surface area (Å²) >= 11 is 5.78. The number of amides is 2. The molecule has 0 aliphatic rings. The van der Waals surface area contributed by atoms with Crippen LogP contribution in [0.3, 0.4) is 0 Å². The van der Waals surface area contributed by atoms with Gasteiger partial charge in [0.2, 0.25) is 0 Å². The molecule has 0 unspecified atom stereocenters. The molecule has 0 atom stereocenters. The van der Waals surface area contributed by atoms with E-state index in [9.17, 15) is 13.2 Å². The highest BCUT2D eigenvalue weighted by molar-refractivity contribution is 7.92. The number of aromatic nitrogens is 1. The van der Waals surface area contributed by atoms with Crippen LogP contribution in [0.4, 0.5) is 16.2 Å². The van der Waals surface area contributed by atoms with Gasteiger partial charge in [0.1, 0.15) is 0 Å². The second-order valence-corrected chi connectivity index (χ2v) is 7.92. The molecular weight excluding hydrogens is 400 g/mol. The van der Waals surface area contributed by atoms with Gasteiger partial charge in [0.15, 0.2) is 0 Å². The van der Waals surface area contributed by atoms with E-state index in [1.807, 2.05) is 6.07 Å². The Hall–Kier alpha value is -3.10. The van der Waals surface area contributed by atoms with Crippen LogP contribution in [-0.2, 0) is 16.6 Å². The Morgan fingerprint density at radius 3 is 2.29 bits per heavy atom. The first kappa shape index (κ1) is 19.7. The monoisotopic (exact) mass is 416 g/mol. The average Bonchev–Trinajstić information content (AvgIpc) is 2.69. The van der Waals surface area contributed by atoms with Crippen LogP contribution >= 0.6 is 11.6 Å². The van der Waals surface area contributed by atoms with Crippen molar-refractivity contribution in [3.8, 4) is 0 Å². The summed E-state index contributed by atoms with van der Waals surface area (Å²) in [6.45, 7) is 0.346. The van der Waals surface area contributed by atoms with E-state index >= 15 is 0 Å². The van der Waals surface area contributed by atoms with Crippen molar-refractivity contribution in [2.24, 2.45) is 0 Å². The molecule has 7 nitrogen and oxygen atoms in total. The molecule has 0 aliphatic heterocycles. The SMILES string of the molecule is O=C(NCc1cccnc1)Nc1ccc(NS(=O)(=O)c2ccc(Cl)cc2)cc1. The van der Waals surface area contributed by atoms with Gasteiger partial charge in [-0.15, -0.1) is 0 Å². The molecule has 0 spiro atoms. The number of pyridine rings is 1. The van der Waals surface area contributed by atoms with E-state index in [1.54, 1.807) is 42.7 Å². The van der Waals surface area contributed by atoms with Crippen molar-refractivity contribution < 1.29 is 13.2 Å². The standard InChI is InChI=1S/C19H17ClN4O3S/c20-15-3-9-18(10-4-15)28(26,27)24-17-7-5-16(6-8-17)23-19(25)22-13-14-2-1-11-21-12-14/h1-12,24H,13H2,(H2,22,23,25). The van der Waals surface area contributed by atoms with Gasteiger partial charge in [0, 0.05) is 35.3 Å². The number of nitrogens with one attached hydrogen (secondary N) is 3. The van der Waals surface area contributed by atoms with Crippen LogP contribution in [0.1, 0.15) is 5.56 Å². The summed E-state index contributed by atoms with van der Waals surface area (Å²) in [7, 11) is -3.72. The molecule has 9 heteroatoms. The lowest BCUT2D eigenvalue weighted by Gasteiger charge is -2.10. The fourth-order valence-corrected chi connectivity index (χ4v) is 3.49. The summed E-state index contributed by atoms with van der Waals surface area (Å²) in [5.74, 6) is 0. The van der Waals surface area contributed by atoms with E-state index in [1.165, 1.54) is 24.3 Å². The number of anilines is 2.